The van der Waals surface area contributed by atoms with E-state index in [1.54, 1.807) is 0 Å². The van der Waals surface area contributed by atoms with Crippen molar-refractivity contribution in [2.45, 2.75) is 66.3 Å². The van der Waals surface area contributed by atoms with Gasteiger partial charge in [-0.15, -0.1) is 0 Å². The van der Waals surface area contributed by atoms with Gasteiger partial charge < -0.3 is 9.80 Å². The molecule has 2 heterocycles. The lowest BCUT2D eigenvalue weighted by atomic mass is 9.75. The van der Waals surface area contributed by atoms with E-state index in [-0.39, 0.29) is 0 Å². The summed E-state index contributed by atoms with van der Waals surface area (Å²) in [6.07, 6.45) is 5.66. The smallest absolute Gasteiger partial charge is 0.00387 e. The third-order valence-corrected chi connectivity index (χ3v) is 5.61. The predicted molar refractivity (Wildman–Crippen MR) is 88.1 cm³/mol. The Morgan fingerprint density at radius 1 is 1.00 bits per heavy atom. The minimum Gasteiger partial charge on any atom is -0.303 e. The SMILES string of the molecule is CC(C)N1CCC[C@H](CN2CCC(C(C)(C)C)CC2)C1. The fraction of sp³-hybridized carbons (Fsp3) is 1.00. The zero-order valence-electron chi connectivity index (χ0n) is 14.5. The Hall–Kier alpha value is -0.0800. The molecule has 0 amide bonds. The summed E-state index contributed by atoms with van der Waals surface area (Å²) >= 11 is 0. The van der Waals surface area contributed by atoms with Crippen LogP contribution in [-0.2, 0) is 0 Å². The van der Waals surface area contributed by atoms with Crippen LogP contribution >= 0.6 is 0 Å². The normalized spacial score (nSPS) is 28.2. The first-order valence-electron chi connectivity index (χ1n) is 8.82. The zero-order valence-corrected chi connectivity index (χ0v) is 14.5. The van der Waals surface area contributed by atoms with Crippen LogP contribution in [0.3, 0.4) is 0 Å². The Bertz CT molecular complexity index is 284. The highest BCUT2D eigenvalue weighted by Gasteiger charge is 2.30. The highest BCUT2D eigenvalue weighted by Crippen LogP contribution is 2.34. The lowest BCUT2D eigenvalue weighted by Crippen LogP contribution is -2.46. The molecule has 0 radical (unpaired) electrons. The first-order valence-corrected chi connectivity index (χ1v) is 8.82. The van der Waals surface area contributed by atoms with E-state index in [9.17, 15) is 0 Å². The highest BCUT2D eigenvalue weighted by atomic mass is 15.2. The molecule has 0 aromatic heterocycles. The van der Waals surface area contributed by atoms with Crippen molar-refractivity contribution in [1.82, 2.24) is 9.80 Å². The molecule has 0 unspecified atom stereocenters. The van der Waals surface area contributed by atoms with Crippen molar-refractivity contribution in [2.75, 3.05) is 32.7 Å². The van der Waals surface area contributed by atoms with E-state index < -0.39 is 0 Å². The van der Waals surface area contributed by atoms with Gasteiger partial charge in [-0.1, -0.05) is 20.8 Å². The van der Waals surface area contributed by atoms with Gasteiger partial charge in [0.05, 0.1) is 0 Å². The van der Waals surface area contributed by atoms with Crippen LogP contribution in [0.1, 0.15) is 60.3 Å². The molecule has 1 atom stereocenters. The molecule has 2 nitrogen and oxygen atoms in total. The predicted octanol–water partition coefficient (Wildman–Crippen LogP) is 3.86. The zero-order chi connectivity index (χ0) is 14.8. The quantitative estimate of drug-likeness (QED) is 0.774. The van der Waals surface area contributed by atoms with Crippen molar-refractivity contribution < 1.29 is 0 Å². The fourth-order valence-corrected chi connectivity index (χ4v) is 4.06. The maximum absolute atomic E-state index is 2.75. The average Bonchev–Trinajstić information content (AvgIpc) is 2.38. The molecular formula is C18H36N2. The second-order valence-electron chi connectivity index (χ2n) is 8.54. The van der Waals surface area contributed by atoms with Crippen molar-refractivity contribution in [3.8, 4) is 0 Å². The summed E-state index contributed by atoms with van der Waals surface area (Å²) in [6, 6.07) is 0.726. The van der Waals surface area contributed by atoms with Crippen molar-refractivity contribution in [3.63, 3.8) is 0 Å². The molecule has 2 aliphatic rings. The molecular weight excluding hydrogens is 244 g/mol. The van der Waals surface area contributed by atoms with E-state index in [1.807, 2.05) is 0 Å². The molecule has 0 aromatic carbocycles. The van der Waals surface area contributed by atoms with Crippen molar-refractivity contribution in [3.05, 3.63) is 0 Å². The van der Waals surface area contributed by atoms with Crippen molar-refractivity contribution in [2.24, 2.45) is 17.3 Å². The van der Waals surface area contributed by atoms with Crippen LogP contribution in [0, 0.1) is 17.3 Å². The third kappa shape index (κ3) is 4.46. The second-order valence-corrected chi connectivity index (χ2v) is 8.54. The summed E-state index contributed by atoms with van der Waals surface area (Å²) in [5.41, 5.74) is 0.505. The number of rotatable bonds is 3. The molecule has 2 heteroatoms. The van der Waals surface area contributed by atoms with Crippen molar-refractivity contribution in [1.29, 1.82) is 0 Å². The molecule has 2 rings (SSSR count). The van der Waals surface area contributed by atoms with Crippen LogP contribution in [0.2, 0.25) is 0 Å². The van der Waals surface area contributed by atoms with Gasteiger partial charge in [0.25, 0.3) is 0 Å². The van der Waals surface area contributed by atoms with Crippen LogP contribution in [0.4, 0.5) is 0 Å². The molecule has 2 aliphatic heterocycles. The lowest BCUT2D eigenvalue weighted by Gasteiger charge is -2.42. The Morgan fingerprint density at radius 3 is 2.20 bits per heavy atom. The van der Waals surface area contributed by atoms with Crippen LogP contribution < -0.4 is 0 Å². The summed E-state index contributed by atoms with van der Waals surface area (Å²) in [6.45, 7) is 18.6. The Balaban J connectivity index is 1.75. The molecule has 2 saturated heterocycles. The molecule has 0 spiro atoms. The largest absolute Gasteiger partial charge is 0.303 e. The molecule has 118 valence electrons. The highest BCUT2D eigenvalue weighted by molar-refractivity contribution is 4.83. The summed E-state index contributed by atoms with van der Waals surface area (Å²) in [7, 11) is 0. The second kappa shape index (κ2) is 6.79. The van der Waals surface area contributed by atoms with Gasteiger partial charge in [-0.2, -0.15) is 0 Å². The fourth-order valence-electron chi connectivity index (χ4n) is 4.06. The van der Waals surface area contributed by atoms with E-state index >= 15 is 0 Å². The summed E-state index contributed by atoms with van der Waals surface area (Å²) in [5.74, 6) is 1.84. The number of likely N-dealkylation sites (tertiary alicyclic amines) is 2. The first kappa shape index (κ1) is 16.3. The minimum atomic E-state index is 0.505. The Labute approximate surface area is 126 Å². The van der Waals surface area contributed by atoms with Gasteiger partial charge in [0.2, 0.25) is 0 Å². The van der Waals surface area contributed by atoms with Gasteiger partial charge in [0.15, 0.2) is 0 Å². The molecule has 0 aliphatic carbocycles. The number of piperidine rings is 2. The monoisotopic (exact) mass is 280 g/mol. The van der Waals surface area contributed by atoms with E-state index in [4.69, 9.17) is 0 Å². The average molecular weight is 280 g/mol. The van der Waals surface area contributed by atoms with Gasteiger partial charge in [-0.3, -0.25) is 0 Å². The topological polar surface area (TPSA) is 6.48 Å². The van der Waals surface area contributed by atoms with Crippen LogP contribution in [-0.4, -0.2) is 48.6 Å². The third-order valence-electron chi connectivity index (χ3n) is 5.61. The van der Waals surface area contributed by atoms with E-state index in [2.05, 4.69) is 44.4 Å². The van der Waals surface area contributed by atoms with Gasteiger partial charge >= 0.3 is 0 Å². The Kier molecular flexibility index (Phi) is 5.53. The molecule has 2 fully saturated rings. The maximum Gasteiger partial charge on any atom is 0.00387 e. The molecule has 0 bridgehead atoms. The Morgan fingerprint density at radius 2 is 1.65 bits per heavy atom. The maximum atomic E-state index is 2.75. The number of hydrogen-bond donors (Lipinski definition) is 0. The lowest BCUT2D eigenvalue weighted by molar-refractivity contribution is 0.0727. The van der Waals surface area contributed by atoms with Gasteiger partial charge in [-0.25, -0.2) is 0 Å². The number of hydrogen-bond acceptors (Lipinski definition) is 2. The minimum absolute atomic E-state index is 0.505. The van der Waals surface area contributed by atoms with Crippen LogP contribution in [0.25, 0.3) is 0 Å². The van der Waals surface area contributed by atoms with Gasteiger partial charge in [0.1, 0.15) is 0 Å². The molecule has 0 N–H and O–H groups in total. The van der Waals surface area contributed by atoms with Gasteiger partial charge in [-0.05, 0) is 76.4 Å². The standard InChI is InChI=1S/C18H36N2/c1-15(2)20-10-6-7-16(14-20)13-19-11-8-17(9-12-19)18(3,4)5/h15-17H,6-14H2,1-5H3/t16-/m1/s1. The van der Waals surface area contributed by atoms with E-state index in [1.165, 1.54) is 58.4 Å². The van der Waals surface area contributed by atoms with E-state index in [0.29, 0.717) is 5.41 Å². The molecule has 0 aromatic rings. The molecule has 20 heavy (non-hydrogen) atoms. The summed E-state index contributed by atoms with van der Waals surface area (Å²) < 4.78 is 0. The summed E-state index contributed by atoms with van der Waals surface area (Å²) in [5, 5.41) is 0. The molecule has 0 saturated carbocycles. The first-order chi connectivity index (χ1) is 9.36. The summed E-state index contributed by atoms with van der Waals surface area (Å²) in [4.78, 5) is 5.42. The van der Waals surface area contributed by atoms with E-state index in [0.717, 1.165) is 17.9 Å². The van der Waals surface area contributed by atoms with Gasteiger partial charge in [0, 0.05) is 19.1 Å². The number of nitrogens with zero attached hydrogens (tertiary/aromatic N) is 2. The van der Waals surface area contributed by atoms with Crippen LogP contribution in [0.15, 0.2) is 0 Å². The van der Waals surface area contributed by atoms with Crippen LogP contribution in [0.5, 0.6) is 0 Å². The van der Waals surface area contributed by atoms with Crippen molar-refractivity contribution >= 4 is 0 Å².